The fourth-order valence-electron chi connectivity index (χ4n) is 3.16. The lowest BCUT2D eigenvalue weighted by atomic mass is 10.2. The fraction of sp³-hybridized carbons (Fsp3) is 0.333. The van der Waals surface area contributed by atoms with Gasteiger partial charge in [-0.2, -0.15) is 9.97 Å². The highest BCUT2D eigenvalue weighted by Crippen LogP contribution is 2.33. The summed E-state index contributed by atoms with van der Waals surface area (Å²) in [5.74, 6) is 1.36. The molecule has 3 aromatic rings. The number of nitrogen functional groups attached to an aromatic ring is 2. The van der Waals surface area contributed by atoms with Crippen LogP contribution in [-0.2, 0) is 6.54 Å². The zero-order valence-corrected chi connectivity index (χ0v) is 12.6. The molecule has 0 bridgehead atoms. The molecule has 1 saturated heterocycles. The minimum absolute atomic E-state index is 0.146. The minimum Gasteiger partial charge on any atom is -0.382 e. The molecule has 1 atom stereocenters. The van der Waals surface area contributed by atoms with E-state index in [1.54, 1.807) is 0 Å². The number of nitrogens with two attached hydrogens (primary N) is 2. The van der Waals surface area contributed by atoms with Crippen LogP contribution in [0.4, 0.5) is 11.8 Å². The van der Waals surface area contributed by atoms with Crippen LogP contribution in [-0.4, -0.2) is 36.4 Å². The van der Waals surface area contributed by atoms with Crippen molar-refractivity contribution in [3.05, 3.63) is 35.9 Å². The summed E-state index contributed by atoms with van der Waals surface area (Å²) in [4.78, 5) is 22.5. The summed E-state index contributed by atoms with van der Waals surface area (Å²) in [7, 11) is 0. The number of likely N-dealkylation sites (tertiary alicyclic amines) is 1. The maximum Gasteiger partial charge on any atom is 0.224 e. The molecule has 118 valence electrons. The highest BCUT2D eigenvalue weighted by atomic mass is 15.2. The molecule has 1 aliphatic heterocycles. The molecule has 1 unspecified atom stereocenters. The predicted octanol–water partition coefficient (Wildman–Crippen LogP) is 1.25. The third kappa shape index (κ3) is 2.57. The quantitative estimate of drug-likeness (QED) is 0.665. The number of fused-ring (bicyclic) bond motifs is 1. The van der Waals surface area contributed by atoms with E-state index in [0.29, 0.717) is 17.0 Å². The van der Waals surface area contributed by atoms with E-state index < -0.39 is 0 Å². The number of nitrogens with one attached hydrogen (secondary N) is 1. The number of pyridine rings is 1. The molecule has 0 aliphatic carbocycles. The van der Waals surface area contributed by atoms with Crippen molar-refractivity contribution in [2.75, 3.05) is 18.0 Å². The van der Waals surface area contributed by atoms with Crippen molar-refractivity contribution in [3.8, 4) is 0 Å². The number of nitrogens with zero attached hydrogens (tertiary/aromatic N) is 5. The largest absolute Gasteiger partial charge is 0.382 e. The number of hydrogen-bond acceptors (Lipinski definition) is 7. The first-order chi connectivity index (χ1) is 11.2. The van der Waals surface area contributed by atoms with Gasteiger partial charge >= 0.3 is 0 Å². The Morgan fingerprint density at radius 2 is 2.00 bits per heavy atom. The summed E-state index contributed by atoms with van der Waals surface area (Å²) in [6.07, 6.45) is 5.82. The fourth-order valence-corrected chi connectivity index (χ4v) is 3.16. The summed E-state index contributed by atoms with van der Waals surface area (Å²) in [5.41, 5.74) is 14.0. The first-order valence-electron chi connectivity index (χ1n) is 7.62. The van der Waals surface area contributed by atoms with E-state index in [4.69, 9.17) is 11.5 Å². The van der Waals surface area contributed by atoms with Crippen LogP contribution in [0.2, 0.25) is 0 Å². The number of H-pyrrole nitrogens is 1. The van der Waals surface area contributed by atoms with Crippen molar-refractivity contribution in [1.82, 2.24) is 29.8 Å². The average Bonchev–Trinajstić information content (AvgIpc) is 3.14. The Kier molecular flexibility index (Phi) is 3.30. The summed E-state index contributed by atoms with van der Waals surface area (Å²) in [6, 6.07) is 4.30. The lowest BCUT2D eigenvalue weighted by molar-refractivity contribution is 0.241. The van der Waals surface area contributed by atoms with Gasteiger partial charge in [-0.25, -0.2) is 4.98 Å². The van der Waals surface area contributed by atoms with Crippen molar-refractivity contribution in [2.45, 2.75) is 25.4 Å². The zero-order chi connectivity index (χ0) is 15.8. The predicted molar refractivity (Wildman–Crippen MR) is 87.1 cm³/mol. The van der Waals surface area contributed by atoms with Crippen LogP contribution >= 0.6 is 0 Å². The second-order valence-electron chi connectivity index (χ2n) is 5.77. The van der Waals surface area contributed by atoms with Gasteiger partial charge in [0.25, 0.3) is 0 Å². The molecule has 0 aromatic carbocycles. The molecule has 8 heteroatoms. The number of imidazole rings is 1. The second kappa shape index (κ2) is 5.47. The number of rotatable bonds is 3. The van der Waals surface area contributed by atoms with Crippen LogP contribution in [0.25, 0.3) is 11.2 Å². The molecular formula is C15H18N8. The summed E-state index contributed by atoms with van der Waals surface area (Å²) < 4.78 is 0. The number of anilines is 2. The maximum atomic E-state index is 5.90. The Hall–Kier alpha value is -2.74. The normalized spacial score (nSPS) is 18.7. The molecule has 0 amide bonds. The first kappa shape index (κ1) is 13.9. The van der Waals surface area contributed by atoms with Gasteiger partial charge in [-0.3, -0.25) is 9.88 Å². The first-order valence-corrected chi connectivity index (χ1v) is 7.62. The monoisotopic (exact) mass is 310 g/mol. The van der Waals surface area contributed by atoms with Gasteiger partial charge in [-0.05, 0) is 37.1 Å². The topological polar surface area (TPSA) is 123 Å². The Morgan fingerprint density at radius 1 is 1.17 bits per heavy atom. The van der Waals surface area contributed by atoms with Crippen LogP contribution in [0.3, 0.4) is 0 Å². The molecule has 4 rings (SSSR count). The number of aromatic nitrogens is 5. The Balaban J connectivity index is 1.65. The van der Waals surface area contributed by atoms with Crippen LogP contribution in [0, 0.1) is 0 Å². The van der Waals surface area contributed by atoms with E-state index in [1.807, 2.05) is 24.5 Å². The Labute approximate surface area is 133 Å². The van der Waals surface area contributed by atoms with E-state index in [1.165, 1.54) is 5.56 Å². The standard InChI is InChI=1S/C15H18N8/c16-12-11-14(22-15(17)20-12)21-13(19-11)10-2-1-7-23(10)8-9-3-5-18-6-4-9/h3-6,10H,1-2,7-8H2,(H5,16,17,19,20,21,22). The number of hydrogen-bond donors (Lipinski definition) is 3. The van der Waals surface area contributed by atoms with E-state index in [2.05, 4.69) is 29.8 Å². The zero-order valence-electron chi connectivity index (χ0n) is 12.6. The molecule has 3 aromatic heterocycles. The van der Waals surface area contributed by atoms with Crippen molar-refractivity contribution in [1.29, 1.82) is 0 Å². The molecule has 23 heavy (non-hydrogen) atoms. The smallest absolute Gasteiger partial charge is 0.224 e. The lowest BCUT2D eigenvalue weighted by Gasteiger charge is -2.22. The van der Waals surface area contributed by atoms with Gasteiger partial charge in [0.2, 0.25) is 5.95 Å². The molecular weight excluding hydrogens is 292 g/mol. The van der Waals surface area contributed by atoms with Crippen molar-refractivity contribution < 1.29 is 0 Å². The van der Waals surface area contributed by atoms with E-state index >= 15 is 0 Å². The van der Waals surface area contributed by atoms with Crippen LogP contribution in [0.5, 0.6) is 0 Å². The molecule has 8 nitrogen and oxygen atoms in total. The SMILES string of the molecule is Nc1nc(N)c2[nH]c(C3CCCN3Cc3ccncc3)nc2n1. The summed E-state index contributed by atoms with van der Waals surface area (Å²) in [6.45, 7) is 1.90. The third-order valence-corrected chi connectivity index (χ3v) is 4.23. The van der Waals surface area contributed by atoms with E-state index in [9.17, 15) is 0 Å². The van der Waals surface area contributed by atoms with Crippen LogP contribution in [0.15, 0.2) is 24.5 Å². The maximum absolute atomic E-state index is 5.90. The molecule has 5 N–H and O–H groups in total. The highest BCUT2D eigenvalue weighted by molar-refractivity contribution is 5.82. The number of aromatic amines is 1. The van der Waals surface area contributed by atoms with Gasteiger partial charge in [-0.15, -0.1) is 0 Å². The average molecular weight is 310 g/mol. The molecule has 1 fully saturated rings. The summed E-state index contributed by atoms with van der Waals surface area (Å²) in [5, 5.41) is 0. The van der Waals surface area contributed by atoms with E-state index in [-0.39, 0.29) is 12.0 Å². The van der Waals surface area contributed by atoms with Gasteiger partial charge in [0.1, 0.15) is 11.3 Å². The molecule has 0 spiro atoms. The molecule has 4 heterocycles. The van der Waals surface area contributed by atoms with Gasteiger partial charge in [0.05, 0.1) is 6.04 Å². The van der Waals surface area contributed by atoms with Gasteiger partial charge < -0.3 is 16.5 Å². The molecule has 0 saturated carbocycles. The van der Waals surface area contributed by atoms with E-state index in [0.717, 1.165) is 31.8 Å². The van der Waals surface area contributed by atoms with Crippen LogP contribution in [0.1, 0.15) is 30.3 Å². The minimum atomic E-state index is 0.146. The molecule has 1 aliphatic rings. The van der Waals surface area contributed by atoms with Crippen molar-refractivity contribution >= 4 is 22.9 Å². The Morgan fingerprint density at radius 3 is 2.83 bits per heavy atom. The van der Waals surface area contributed by atoms with Gasteiger partial charge in [-0.1, -0.05) is 0 Å². The summed E-state index contributed by atoms with van der Waals surface area (Å²) >= 11 is 0. The lowest BCUT2D eigenvalue weighted by Crippen LogP contribution is -2.23. The highest BCUT2D eigenvalue weighted by Gasteiger charge is 2.29. The molecule has 0 radical (unpaired) electrons. The van der Waals surface area contributed by atoms with Crippen molar-refractivity contribution in [2.24, 2.45) is 0 Å². The van der Waals surface area contributed by atoms with Crippen molar-refractivity contribution in [3.63, 3.8) is 0 Å². The van der Waals surface area contributed by atoms with Gasteiger partial charge in [0, 0.05) is 18.9 Å². The Bertz CT molecular complexity index is 828. The van der Waals surface area contributed by atoms with Gasteiger partial charge in [0.15, 0.2) is 11.5 Å². The van der Waals surface area contributed by atoms with Crippen LogP contribution < -0.4 is 11.5 Å². The second-order valence-corrected chi connectivity index (χ2v) is 5.77. The third-order valence-electron chi connectivity index (χ3n) is 4.23.